The number of fused-ring (bicyclic) bond motifs is 1. The molecule has 110 valence electrons. The van der Waals surface area contributed by atoms with Crippen molar-refractivity contribution in [2.75, 3.05) is 21.3 Å². The number of methoxy groups -OCH3 is 3. The van der Waals surface area contributed by atoms with Gasteiger partial charge in [-0.2, -0.15) is 0 Å². The zero-order chi connectivity index (χ0) is 14.8. The normalized spacial score (nSPS) is 11.0. The Balaban J connectivity index is 2.03. The maximum atomic E-state index is 5.27. The topological polar surface area (TPSA) is 82.4 Å². The van der Waals surface area contributed by atoms with Crippen LogP contribution in [-0.2, 0) is 11.3 Å². The molecule has 0 amide bonds. The molecular formula is C14H15N3O4. The summed E-state index contributed by atoms with van der Waals surface area (Å²) < 4.78 is 20.7. The Morgan fingerprint density at radius 1 is 1.10 bits per heavy atom. The minimum Gasteiger partial charge on any atom is -0.493 e. The van der Waals surface area contributed by atoms with Crippen LogP contribution in [0.3, 0.4) is 0 Å². The third-order valence-corrected chi connectivity index (χ3v) is 3.08. The molecule has 0 saturated carbocycles. The number of ether oxygens (including phenoxy) is 3. The summed E-state index contributed by atoms with van der Waals surface area (Å²) in [7, 11) is 4.78. The Kier molecular flexibility index (Phi) is 3.49. The second-order valence-corrected chi connectivity index (χ2v) is 4.42. The first-order valence-corrected chi connectivity index (χ1v) is 6.31. The maximum absolute atomic E-state index is 5.27. The number of aromatic amines is 1. The van der Waals surface area contributed by atoms with Crippen LogP contribution < -0.4 is 9.47 Å². The summed E-state index contributed by atoms with van der Waals surface area (Å²) in [6.45, 7) is 0.370. The summed E-state index contributed by atoms with van der Waals surface area (Å²) in [6.07, 6.45) is 0. The second kappa shape index (κ2) is 5.45. The van der Waals surface area contributed by atoms with E-state index in [1.807, 2.05) is 12.1 Å². The third-order valence-electron chi connectivity index (χ3n) is 3.08. The summed E-state index contributed by atoms with van der Waals surface area (Å²) >= 11 is 0. The smallest absolute Gasteiger partial charge is 0.163 e. The summed E-state index contributed by atoms with van der Waals surface area (Å²) in [5, 5.41) is 3.97. The largest absolute Gasteiger partial charge is 0.493 e. The van der Waals surface area contributed by atoms with E-state index < -0.39 is 0 Å². The van der Waals surface area contributed by atoms with Crippen LogP contribution in [-0.4, -0.2) is 36.5 Å². The van der Waals surface area contributed by atoms with Crippen LogP contribution in [0.2, 0.25) is 0 Å². The Morgan fingerprint density at radius 3 is 2.57 bits per heavy atom. The number of imidazole rings is 1. The van der Waals surface area contributed by atoms with Crippen LogP contribution in [0.5, 0.6) is 11.5 Å². The highest BCUT2D eigenvalue weighted by atomic mass is 16.5. The number of nitrogens with zero attached hydrogens (tertiary/aromatic N) is 2. The van der Waals surface area contributed by atoms with Crippen molar-refractivity contribution in [2.45, 2.75) is 6.61 Å². The lowest BCUT2D eigenvalue weighted by Crippen LogP contribution is -1.89. The van der Waals surface area contributed by atoms with Crippen molar-refractivity contribution in [3.63, 3.8) is 0 Å². The highest BCUT2D eigenvalue weighted by Crippen LogP contribution is 2.32. The minimum absolute atomic E-state index is 0.370. The highest BCUT2D eigenvalue weighted by Gasteiger charge is 2.14. The van der Waals surface area contributed by atoms with E-state index in [1.165, 1.54) is 0 Å². The van der Waals surface area contributed by atoms with Gasteiger partial charge in [0.2, 0.25) is 0 Å². The Bertz CT molecular complexity index is 722. The van der Waals surface area contributed by atoms with E-state index in [-0.39, 0.29) is 0 Å². The van der Waals surface area contributed by atoms with Crippen molar-refractivity contribution in [3.05, 3.63) is 24.0 Å². The predicted molar refractivity (Wildman–Crippen MR) is 75.4 cm³/mol. The van der Waals surface area contributed by atoms with Gasteiger partial charge in [-0.1, -0.05) is 5.16 Å². The molecule has 2 heterocycles. The molecule has 0 bridgehead atoms. The van der Waals surface area contributed by atoms with Crippen molar-refractivity contribution in [1.29, 1.82) is 0 Å². The molecule has 0 aliphatic carbocycles. The molecule has 3 aromatic rings. The van der Waals surface area contributed by atoms with E-state index in [0.29, 0.717) is 35.4 Å². The molecule has 0 aliphatic rings. The first-order chi connectivity index (χ1) is 10.2. The van der Waals surface area contributed by atoms with Crippen LogP contribution in [0.15, 0.2) is 22.7 Å². The fourth-order valence-corrected chi connectivity index (χ4v) is 2.09. The Hall–Kier alpha value is -2.54. The third kappa shape index (κ3) is 2.43. The van der Waals surface area contributed by atoms with E-state index in [0.717, 1.165) is 11.0 Å². The average molecular weight is 289 g/mol. The van der Waals surface area contributed by atoms with Gasteiger partial charge >= 0.3 is 0 Å². The number of rotatable bonds is 5. The molecule has 0 saturated heterocycles. The summed E-state index contributed by atoms with van der Waals surface area (Å²) in [6, 6.07) is 5.43. The maximum Gasteiger partial charge on any atom is 0.163 e. The molecule has 0 fully saturated rings. The summed E-state index contributed by atoms with van der Waals surface area (Å²) in [4.78, 5) is 7.67. The summed E-state index contributed by atoms with van der Waals surface area (Å²) in [5.74, 6) is 2.53. The van der Waals surface area contributed by atoms with Gasteiger partial charge in [-0.3, -0.25) is 0 Å². The van der Waals surface area contributed by atoms with Gasteiger partial charge in [0.1, 0.15) is 12.3 Å². The van der Waals surface area contributed by atoms with Gasteiger partial charge in [-0.15, -0.1) is 0 Å². The molecule has 0 atom stereocenters. The number of H-pyrrole nitrogens is 1. The van der Waals surface area contributed by atoms with Gasteiger partial charge in [0.15, 0.2) is 23.1 Å². The van der Waals surface area contributed by atoms with Crippen molar-refractivity contribution in [2.24, 2.45) is 0 Å². The molecule has 0 unspecified atom stereocenters. The molecule has 3 rings (SSSR count). The molecule has 2 aromatic heterocycles. The van der Waals surface area contributed by atoms with E-state index >= 15 is 0 Å². The first-order valence-electron chi connectivity index (χ1n) is 6.31. The molecule has 0 spiro atoms. The Labute approximate surface area is 120 Å². The van der Waals surface area contributed by atoms with E-state index in [2.05, 4.69) is 15.1 Å². The fraction of sp³-hybridized carbons (Fsp3) is 0.286. The minimum atomic E-state index is 0.370. The summed E-state index contributed by atoms with van der Waals surface area (Å²) in [5.41, 5.74) is 2.22. The molecule has 0 radical (unpaired) electrons. The SMILES string of the molecule is COCc1cc(-c2nc3cc(OC)c(OC)cc3[nH]2)no1. The zero-order valence-corrected chi connectivity index (χ0v) is 12.0. The monoisotopic (exact) mass is 289 g/mol. The van der Waals surface area contributed by atoms with Gasteiger partial charge in [0.05, 0.1) is 25.3 Å². The van der Waals surface area contributed by atoms with E-state index in [1.54, 1.807) is 27.4 Å². The van der Waals surface area contributed by atoms with Gasteiger partial charge < -0.3 is 23.7 Å². The molecule has 7 nitrogen and oxygen atoms in total. The van der Waals surface area contributed by atoms with E-state index in [9.17, 15) is 0 Å². The molecule has 1 N–H and O–H groups in total. The Morgan fingerprint density at radius 2 is 1.86 bits per heavy atom. The number of benzene rings is 1. The average Bonchev–Trinajstić information content (AvgIpc) is 3.11. The molecule has 7 heteroatoms. The fourth-order valence-electron chi connectivity index (χ4n) is 2.09. The standard InChI is InChI=1S/C14H15N3O4/c1-18-7-8-4-11(17-21-8)14-15-9-5-12(19-2)13(20-3)6-10(9)16-14/h4-6H,7H2,1-3H3,(H,15,16). The quantitative estimate of drug-likeness (QED) is 0.776. The van der Waals surface area contributed by atoms with Crippen molar-refractivity contribution in [1.82, 2.24) is 15.1 Å². The van der Waals surface area contributed by atoms with Crippen LogP contribution in [0.4, 0.5) is 0 Å². The number of aromatic nitrogens is 3. The molecular weight excluding hydrogens is 274 g/mol. The van der Waals surface area contributed by atoms with Crippen LogP contribution in [0.25, 0.3) is 22.6 Å². The molecule has 0 aliphatic heterocycles. The first kappa shape index (κ1) is 13.4. The van der Waals surface area contributed by atoms with Crippen LogP contribution in [0, 0.1) is 0 Å². The predicted octanol–water partition coefficient (Wildman–Crippen LogP) is 2.38. The number of hydrogen-bond acceptors (Lipinski definition) is 6. The van der Waals surface area contributed by atoms with Crippen LogP contribution >= 0.6 is 0 Å². The lowest BCUT2D eigenvalue weighted by molar-refractivity contribution is 0.156. The lowest BCUT2D eigenvalue weighted by atomic mass is 10.3. The van der Waals surface area contributed by atoms with Crippen LogP contribution in [0.1, 0.15) is 5.76 Å². The van der Waals surface area contributed by atoms with Crippen molar-refractivity contribution < 1.29 is 18.7 Å². The van der Waals surface area contributed by atoms with Gasteiger partial charge in [0.25, 0.3) is 0 Å². The van der Waals surface area contributed by atoms with Gasteiger partial charge in [-0.05, 0) is 0 Å². The van der Waals surface area contributed by atoms with Crippen molar-refractivity contribution in [3.8, 4) is 23.0 Å². The highest BCUT2D eigenvalue weighted by molar-refractivity contribution is 5.82. The zero-order valence-electron chi connectivity index (χ0n) is 12.0. The van der Waals surface area contributed by atoms with Crippen molar-refractivity contribution >= 4 is 11.0 Å². The number of hydrogen-bond donors (Lipinski definition) is 1. The second-order valence-electron chi connectivity index (χ2n) is 4.42. The van der Waals surface area contributed by atoms with Gasteiger partial charge in [-0.25, -0.2) is 4.98 Å². The number of nitrogens with one attached hydrogen (secondary N) is 1. The van der Waals surface area contributed by atoms with Gasteiger partial charge in [0, 0.05) is 25.3 Å². The molecule has 1 aromatic carbocycles. The molecule has 21 heavy (non-hydrogen) atoms. The van der Waals surface area contributed by atoms with E-state index in [4.69, 9.17) is 18.7 Å². The lowest BCUT2D eigenvalue weighted by Gasteiger charge is -2.06.